The van der Waals surface area contributed by atoms with E-state index in [1.807, 2.05) is 0 Å². The highest BCUT2D eigenvalue weighted by Crippen LogP contribution is 2.26. The predicted molar refractivity (Wildman–Crippen MR) is 70.8 cm³/mol. The lowest BCUT2D eigenvalue weighted by Gasteiger charge is -2.19. The van der Waals surface area contributed by atoms with E-state index < -0.39 is 0 Å². The van der Waals surface area contributed by atoms with Crippen LogP contribution in [0.1, 0.15) is 43.0 Å². The minimum Gasteiger partial charge on any atom is -0.372 e. The Labute approximate surface area is 104 Å². The van der Waals surface area contributed by atoms with Crippen molar-refractivity contribution in [3.05, 3.63) is 47.0 Å². The van der Waals surface area contributed by atoms with Gasteiger partial charge >= 0.3 is 0 Å². The van der Waals surface area contributed by atoms with Gasteiger partial charge in [-0.25, -0.2) is 0 Å². The van der Waals surface area contributed by atoms with Crippen LogP contribution < -0.4 is 5.32 Å². The second-order valence-corrected chi connectivity index (χ2v) is 4.75. The van der Waals surface area contributed by atoms with Crippen molar-refractivity contribution >= 4 is 0 Å². The quantitative estimate of drug-likeness (QED) is 0.785. The second kappa shape index (κ2) is 5.48. The lowest BCUT2D eigenvalue weighted by atomic mass is 9.97. The Morgan fingerprint density at radius 1 is 1.41 bits per heavy atom. The van der Waals surface area contributed by atoms with Gasteiger partial charge in [0.2, 0.25) is 0 Å². The highest BCUT2D eigenvalue weighted by atomic mass is 16.5. The summed E-state index contributed by atoms with van der Waals surface area (Å²) in [4.78, 5) is 0. The number of ether oxygens (including phenoxy) is 1. The lowest BCUT2D eigenvalue weighted by molar-refractivity contribution is 0.134. The Kier molecular flexibility index (Phi) is 3.97. The maximum Gasteiger partial charge on any atom is 0.0725 e. The monoisotopic (exact) mass is 231 g/mol. The topological polar surface area (TPSA) is 21.3 Å². The molecule has 2 heteroatoms. The molecule has 1 aromatic rings. The molecule has 0 fully saturated rings. The minimum atomic E-state index is 0.265. The largest absolute Gasteiger partial charge is 0.372 e. The maximum absolute atomic E-state index is 5.45. The van der Waals surface area contributed by atoms with Crippen LogP contribution in [0.25, 0.3) is 0 Å². The van der Waals surface area contributed by atoms with Crippen molar-refractivity contribution in [1.82, 2.24) is 5.32 Å². The molecule has 17 heavy (non-hydrogen) atoms. The van der Waals surface area contributed by atoms with Gasteiger partial charge in [0.1, 0.15) is 0 Å². The highest BCUT2D eigenvalue weighted by molar-refractivity contribution is 5.37. The van der Waals surface area contributed by atoms with Gasteiger partial charge < -0.3 is 10.1 Å². The van der Waals surface area contributed by atoms with Crippen molar-refractivity contribution in [2.45, 2.75) is 39.5 Å². The van der Waals surface area contributed by atoms with Gasteiger partial charge in [-0.2, -0.15) is 0 Å². The molecular weight excluding hydrogens is 210 g/mol. The first-order valence-electron chi connectivity index (χ1n) is 6.30. The van der Waals surface area contributed by atoms with Crippen LogP contribution in [0.5, 0.6) is 0 Å². The third-order valence-corrected chi connectivity index (χ3v) is 3.17. The first-order chi connectivity index (χ1) is 8.22. The summed E-state index contributed by atoms with van der Waals surface area (Å²) in [5.74, 6) is 0. The smallest absolute Gasteiger partial charge is 0.0725 e. The molecule has 0 aliphatic carbocycles. The number of nitrogens with one attached hydrogen (secondary N) is 1. The molecular formula is C15H21NO. The van der Waals surface area contributed by atoms with E-state index in [0.717, 1.165) is 31.8 Å². The van der Waals surface area contributed by atoms with Crippen LogP contribution in [-0.2, 0) is 18.0 Å². The zero-order valence-corrected chi connectivity index (χ0v) is 10.8. The van der Waals surface area contributed by atoms with Crippen LogP contribution in [-0.4, -0.2) is 6.54 Å². The molecule has 1 aliphatic rings. The van der Waals surface area contributed by atoms with E-state index >= 15 is 0 Å². The number of benzene rings is 1. The molecule has 92 valence electrons. The third kappa shape index (κ3) is 2.76. The van der Waals surface area contributed by atoms with Gasteiger partial charge in [-0.05, 0) is 36.6 Å². The third-order valence-electron chi connectivity index (χ3n) is 3.17. The molecule has 0 aromatic heterocycles. The molecule has 0 amide bonds. The fourth-order valence-electron chi connectivity index (χ4n) is 2.24. The molecule has 0 radical (unpaired) electrons. The summed E-state index contributed by atoms with van der Waals surface area (Å²) in [6.45, 7) is 10.9. The van der Waals surface area contributed by atoms with Gasteiger partial charge in [0.15, 0.2) is 0 Å². The van der Waals surface area contributed by atoms with Gasteiger partial charge in [-0.3, -0.25) is 0 Å². The standard InChI is InChI=1S/C15H21NO/c1-4-7-16-15(11(2)3)12-5-6-13-9-17-10-14(13)8-12/h5-6,8,15-16H,2,4,7,9-10H2,1,3H3. The lowest BCUT2D eigenvalue weighted by Crippen LogP contribution is -2.22. The van der Waals surface area contributed by atoms with Crippen molar-refractivity contribution < 1.29 is 4.74 Å². The van der Waals surface area contributed by atoms with Gasteiger partial charge in [0.25, 0.3) is 0 Å². The summed E-state index contributed by atoms with van der Waals surface area (Å²) < 4.78 is 5.45. The molecule has 0 saturated carbocycles. The van der Waals surface area contributed by atoms with Gasteiger partial charge in [-0.1, -0.05) is 37.3 Å². The Morgan fingerprint density at radius 3 is 2.88 bits per heavy atom. The summed E-state index contributed by atoms with van der Waals surface area (Å²) >= 11 is 0. The molecule has 1 atom stereocenters. The molecule has 1 aromatic carbocycles. The number of fused-ring (bicyclic) bond motifs is 1. The van der Waals surface area contributed by atoms with Crippen LogP contribution in [0.4, 0.5) is 0 Å². The highest BCUT2D eigenvalue weighted by Gasteiger charge is 2.16. The number of hydrogen-bond donors (Lipinski definition) is 1. The van der Waals surface area contributed by atoms with Gasteiger partial charge in [0, 0.05) is 0 Å². The van der Waals surface area contributed by atoms with E-state index in [-0.39, 0.29) is 6.04 Å². The van der Waals surface area contributed by atoms with Crippen molar-refractivity contribution in [1.29, 1.82) is 0 Å². The van der Waals surface area contributed by atoms with E-state index in [2.05, 4.69) is 43.9 Å². The summed E-state index contributed by atoms with van der Waals surface area (Å²) in [5.41, 5.74) is 5.12. The summed E-state index contributed by atoms with van der Waals surface area (Å²) in [6, 6.07) is 6.89. The first kappa shape index (κ1) is 12.3. The summed E-state index contributed by atoms with van der Waals surface area (Å²) in [5, 5.41) is 3.54. The van der Waals surface area contributed by atoms with Crippen molar-refractivity contribution in [3.8, 4) is 0 Å². The molecule has 1 N–H and O–H groups in total. The Balaban J connectivity index is 2.20. The van der Waals surface area contributed by atoms with Crippen molar-refractivity contribution in [2.75, 3.05) is 6.54 Å². The van der Waals surface area contributed by atoms with E-state index in [1.165, 1.54) is 16.7 Å². The Morgan fingerprint density at radius 2 is 2.18 bits per heavy atom. The van der Waals surface area contributed by atoms with Gasteiger partial charge in [-0.15, -0.1) is 0 Å². The van der Waals surface area contributed by atoms with Crippen LogP contribution in [0.3, 0.4) is 0 Å². The fourth-order valence-corrected chi connectivity index (χ4v) is 2.24. The maximum atomic E-state index is 5.45. The number of hydrogen-bond acceptors (Lipinski definition) is 2. The zero-order chi connectivity index (χ0) is 12.3. The first-order valence-corrected chi connectivity index (χ1v) is 6.30. The van der Waals surface area contributed by atoms with Crippen LogP contribution in [0.2, 0.25) is 0 Å². The van der Waals surface area contributed by atoms with Crippen LogP contribution in [0, 0.1) is 0 Å². The van der Waals surface area contributed by atoms with E-state index in [1.54, 1.807) is 0 Å². The molecule has 1 heterocycles. The summed E-state index contributed by atoms with van der Waals surface area (Å²) in [6.07, 6.45) is 1.14. The summed E-state index contributed by atoms with van der Waals surface area (Å²) in [7, 11) is 0. The average molecular weight is 231 g/mol. The molecule has 1 aliphatic heterocycles. The van der Waals surface area contributed by atoms with Crippen LogP contribution in [0.15, 0.2) is 30.4 Å². The van der Waals surface area contributed by atoms with E-state index in [0.29, 0.717) is 0 Å². The van der Waals surface area contributed by atoms with E-state index in [9.17, 15) is 0 Å². The van der Waals surface area contributed by atoms with Crippen molar-refractivity contribution in [3.63, 3.8) is 0 Å². The second-order valence-electron chi connectivity index (χ2n) is 4.75. The molecule has 0 spiro atoms. The molecule has 2 rings (SSSR count). The Hall–Kier alpha value is -1.12. The van der Waals surface area contributed by atoms with E-state index in [4.69, 9.17) is 4.74 Å². The Bertz CT molecular complexity index is 411. The molecule has 0 bridgehead atoms. The number of rotatable bonds is 5. The molecule has 0 saturated heterocycles. The molecule has 2 nitrogen and oxygen atoms in total. The molecule has 1 unspecified atom stereocenters. The minimum absolute atomic E-state index is 0.265. The normalized spacial score (nSPS) is 15.6. The zero-order valence-electron chi connectivity index (χ0n) is 10.8. The SMILES string of the molecule is C=C(C)C(NCCC)c1ccc2c(c1)COC2. The van der Waals surface area contributed by atoms with Crippen LogP contribution >= 0.6 is 0 Å². The fraction of sp³-hybridized carbons (Fsp3) is 0.467. The average Bonchev–Trinajstić information content (AvgIpc) is 2.76. The van der Waals surface area contributed by atoms with Crippen molar-refractivity contribution in [2.24, 2.45) is 0 Å². The van der Waals surface area contributed by atoms with Gasteiger partial charge in [0.05, 0.1) is 19.3 Å². The predicted octanol–water partition coefficient (Wildman–Crippen LogP) is 3.33.